The van der Waals surface area contributed by atoms with E-state index in [2.05, 4.69) is 16.5 Å². The Kier molecular flexibility index (Phi) is 2.68. The van der Waals surface area contributed by atoms with Crippen LogP contribution in [0.25, 0.3) is 16.3 Å². The third-order valence-electron chi connectivity index (χ3n) is 2.42. The number of allylic oxidation sites excluding steroid dienone is 3. The molecule has 0 aromatic carbocycles. The molecule has 16 heavy (non-hydrogen) atoms. The first-order valence-electron chi connectivity index (χ1n) is 5.01. The van der Waals surface area contributed by atoms with Crippen LogP contribution >= 0.6 is 0 Å². The molecule has 80 valence electrons. The fourth-order valence-electron chi connectivity index (χ4n) is 1.66. The van der Waals surface area contributed by atoms with Crippen molar-refractivity contribution in [1.29, 1.82) is 0 Å². The summed E-state index contributed by atoms with van der Waals surface area (Å²) in [7, 11) is 0. The van der Waals surface area contributed by atoms with E-state index in [1.807, 2.05) is 25.1 Å². The van der Waals surface area contributed by atoms with Crippen LogP contribution in [-0.2, 0) is 0 Å². The van der Waals surface area contributed by atoms with Crippen LogP contribution in [0.1, 0.15) is 12.5 Å². The molecule has 0 fully saturated rings. The van der Waals surface area contributed by atoms with Crippen LogP contribution in [-0.4, -0.2) is 9.97 Å². The zero-order valence-corrected chi connectivity index (χ0v) is 9.03. The highest BCUT2D eigenvalue weighted by molar-refractivity contribution is 5.94. The van der Waals surface area contributed by atoms with Gasteiger partial charge < -0.3 is 4.98 Å². The maximum atomic E-state index is 11.6. The largest absolute Gasteiger partial charge is 0.328 e. The van der Waals surface area contributed by atoms with Crippen molar-refractivity contribution in [1.82, 2.24) is 9.97 Å². The van der Waals surface area contributed by atoms with Gasteiger partial charge in [-0.05, 0) is 23.9 Å². The third-order valence-corrected chi connectivity index (χ3v) is 2.42. The number of H-pyrrole nitrogens is 1. The lowest BCUT2D eigenvalue weighted by atomic mass is 10.0. The fraction of sp³-hybridized carbons (Fsp3) is 0.0769. The lowest BCUT2D eigenvalue weighted by Crippen LogP contribution is -2.06. The molecule has 0 aliphatic carbocycles. The molecule has 0 amide bonds. The van der Waals surface area contributed by atoms with Gasteiger partial charge in [-0.2, -0.15) is 0 Å². The Morgan fingerprint density at radius 2 is 2.31 bits per heavy atom. The molecule has 0 radical (unpaired) electrons. The molecule has 3 heteroatoms. The molecule has 0 saturated heterocycles. The van der Waals surface area contributed by atoms with Gasteiger partial charge in [0.25, 0.3) is 5.56 Å². The summed E-state index contributed by atoms with van der Waals surface area (Å²) in [4.78, 5) is 18.2. The van der Waals surface area contributed by atoms with E-state index in [1.165, 1.54) is 0 Å². The van der Waals surface area contributed by atoms with Crippen LogP contribution in [0.15, 0.2) is 48.2 Å². The number of pyridine rings is 2. The number of rotatable bonds is 2. The van der Waals surface area contributed by atoms with E-state index in [1.54, 1.807) is 18.6 Å². The third kappa shape index (κ3) is 1.67. The quantitative estimate of drug-likeness (QED) is 0.777. The first-order chi connectivity index (χ1) is 7.74. The number of hydrogen-bond donors (Lipinski definition) is 1. The summed E-state index contributed by atoms with van der Waals surface area (Å²) in [5, 5.41) is 1.47. The number of aromatic nitrogens is 2. The molecule has 2 aromatic rings. The summed E-state index contributed by atoms with van der Waals surface area (Å²) >= 11 is 0. The van der Waals surface area contributed by atoms with Crippen molar-refractivity contribution in [2.24, 2.45) is 0 Å². The van der Waals surface area contributed by atoms with Crippen LogP contribution in [0.3, 0.4) is 0 Å². The summed E-state index contributed by atoms with van der Waals surface area (Å²) in [6.45, 7) is 5.90. The number of fused-ring (bicyclic) bond motifs is 1. The molecule has 0 atom stereocenters. The SMILES string of the molecule is C=C(/C=C\C)c1c[nH]c(=O)c2cnccc12. The normalized spacial score (nSPS) is 11.1. The van der Waals surface area contributed by atoms with Gasteiger partial charge in [-0.1, -0.05) is 18.7 Å². The molecular formula is C13H12N2O. The minimum atomic E-state index is -0.125. The van der Waals surface area contributed by atoms with Crippen molar-refractivity contribution in [3.63, 3.8) is 0 Å². The average molecular weight is 212 g/mol. The van der Waals surface area contributed by atoms with E-state index in [4.69, 9.17) is 0 Å². The monoisotopic (exact) mass is 212 g/mol. The first-order valence-corrected chi connectivity index (χ1v) is 5.01. The van der Waals surface area contributed by atoms with Gasteiger partial charge in [-0.25, -0.2) is 0 Å². The maximum Gasteiger partial charge on any atom is 0.257 e. The van der Waals surface area contributed by atoms with Crippen molar-refractivity contribution in [2.45, 2.75) is 6.92 Å². The average Bonchev–Trinajstić information content (AvgIpc) is 2.30. The molecule has 0 saturated carbocycles. The second-order valence-electron chi connectivity index (χ2n) is 3.48. The molecule has 0 unspecified atom stereocenters. The summed E-state index contributed by atoms with van der Waals surface area (Å²) < 4.78 is 0. The van der Waals surface area contributed by atoms with E-state index < -0.39 is 0 Å². The summed E-state index contributed by atoms with van der Waals surface area (Å²) in [5.74, 6) is 0. The minimum Gasteiger partial charge on any atom is -0.328 e. The maximum absolute atomic E-state index is 11.6. The highest BCUT2D eigenvalue weighted by Gasteiger charge is 2.05. The zero-order valence-electron chi connectivity index (χ0n) is 9.03. The molecule has 3 nitrogen and oxygen atoms in total. The molecule has 0 bridgehead atoms. The van der Waals surface area contributed by atoms with E-state index >= 15 is 0 Å². The molecule has 0 aliphatic rings. The van der Waals surface area contributed by atoms with Crippen molar-refractivity contribution in [3.05, 3.63) is 59.3 Å². The Morgan fingerprint density at radius 1 is 1.50 bits per heavy atom. The zero-order chi connectivity index (χ0) is 11.5. The van der Waals surface area contributed by atoms with Crippen molar-refractivity contribution in [3.8, 4) is 0 Å². The Morgan fingerprint density at radius 3 is 3.06 bits per heavy atom. The highest BCUT2D eigenvalue weighted by atomic mass is 16.1. The Hall–Kier alpha value is -2.16. The summed E-state index contributed by atoms with van der Waals surface area (Å²) in [6, 6.07) is 1.83. The van der Waals surface area contributed by atoms with Crippen molar-refractivity contribution >= 4 is 16.3 Å². The Balaban J connectivity index is 2.77. The van der Waals surface area contributed by atoms with Gasteiger partial charge in [-0.3, -0.25) is 9.78 Å². The smallest absolute Gasteiger partial charge is 0.257 e. The molecular weight excluding hydrogens is 200 g/mol. The fourth-order valence-corrected chi connectivity index (χ4v) is 1.66. The summed E-state index contributed by atoms with van der Waals surface area (Å²) in [5.41, 5.74) is 1.67. The lowest BCUT2D eigenvalue weighted by molar-refractivity contribution is 1.25. The first kappa shape index (κ1) is 10.4. The molecule has 2 aromatic heterocycles. The van der Waals surface area contributed by atoms with Gasteiger partial charge in [0, 0.05) is 24.2 Å². The van der Waals surface area contributed by atoms with Crippen LogP contribution in [0.2, 0.25) is 0 Å². The van der Waals surface area contributed by atoms with Crippen LogP contribution in [0.4, 0.5) is 0 Å². The number of hydrogen-bond acceptors (Lipinski definition) is 2. The number of nitrogens with zero attached hydrogens (tertiary/aromatic N) is 1. The van der Waals surface area contributed by atoms with Crippen molar-refractivity contribution in [2.75, 3.05) is 0 Å². The Bertz CT molecular complexity index is 623. The van der Waals surface area contributed by atoms with E-state index in [9.17, 15) is 4.79 Å². The predicted molar refractivity (Wildman–Crippen MR) is 66.2 cm³/mol. The van der Waals surface area contributed by atoms with Gasteiger partial charge in [-0.15, -0.1) is 0 Å². The van der Waals surface area contributed by atoms with Crippen LogP contribution in [0, 0.1) is 0 Å². The topological polar surface area (TPSA) is 45.8 Å². The molecule has 1 N–H and O–H groups in total. The molecule has 2 rings (SSSR count). The number of aromatic amines is 1. The minimum absolute atomic E-state index is 0.125. The van der Waals surface area contributed by atoms with Gasteiger partial charge >= 0.3 is 0 Å². The molecule has 0 spiro atoms. The van der Waals surface area contributed by atoms with Gasteiger partial charge in [0.05, 0.1) is 5.39 Å². The standard InChI is InChI=1S/C13H12N2O/c1-3-4-9(2)11-8-15-13(16)12-7-14-6-5-10(11)12/h3-8H,2H2,1H3,(H,15,16)/b4-3-. The predicted octanol–water partition coefficient (Wildman–Crippen LogP) is 2.51. The highest BCUT2D eigenvalue weighted by Crippen LogP contribution is 2.20. The van der Waals surface area contributed by atoms with E-state index in [0.29, 0.717) is 5.39 Å². The second-order valence-corrected chi connectivity index (χ2v) is 3.48. The molecule has 2 heterocycles. The van der Waals surface area contributed by atoms with E-state index in [-0.39, 0.29) is 5.56 Å². The molecule has 0 aliphatic heterocycles. The lowest BCUT2D eigenvalue weighted by Gasteiger charge is -2.04. The van der Waals surface area contributed by atoms with Gasteiger partial charge in [0.1, 0.15) is 0 Å². The second kappa shape index (κ2) is 4.14. The van der Waals surface area contributed by atoms with Crippen LogP contribution in [0.5, 0.6) is 0 Å². The Labute approximate surface area is 93.2 Å². The van der Waals surface area contributed by atoms with Crippen molar-refractivity contribution < 1.29 is 0 Å². The van der Waals surface area contributed by atoms with Gasteiger partial charge in [0.2, 0.25) is 0 Å². The van der Waals surface area contributed by atoms with E-state index in [0.717, 1.165) is 16.5 Å². The van der Waals surface area contributed by atoms with Gasteiger partial charge in [0.15, 0.2) is 0 Å². The van der Waals surface area contributed by atoms with Crippen LogP contribution < -0.4 is 5.56 Å². The number of nitrogens with one attached hydrogen (secondary N) is 1. The summed E-state index contributed by atoms with van der Waals surface area (Å²) in [6.07, 6.45) is 8.76.